The highest BCUT2D eigenvalue weighted by molar-refractivity contribution is 6.00. The molecule has 2 N–H and O–H groups in total. The lowest BCUT2D eigenvalue weighted by atomic mass is 9.74. The molecule has 2 saturated carbocycles. The highest BCUT2D eigenvalue weighted by atomic mass is 16.5. The number of carbonyl (C=O) groups is 3. The van der Waals surface area contributed by atoms with Gasteiger partial charge in [0, 0.05) is 31.0 Å². The van der Waals surface area contributed by atoms with Crippen LogP contribution in [0.2, 0.25) is 0 Å². The number of likely N-dealkylation sites (tertiary alicyclic amines) is 1. The summed E-state index contributed by atoms with van der Waals surface area (Å²) >= 11 is 0. The number of nitrogens with one attached hydrogen (secondary N) is 2. The first-order valence-electron chi connectivity index (χ1n) is 13.7. The van der Waals surface area contributed by atoms with Gasteiger partial charge in [-0.05, 0) is 37.3 Å². The lowest BCUT2D eigenvalue weighted by molar-refractivity contribution is -0.142. The van der Waals surface area contributed by atoms with Crippen LogP contribution in [0.3, 0.4) is 0 Å². The fourth-order valence-corrected chi connectivity index (χ4v) is 7.20. The van der Waals surface area contributed by atoms with Crippen LogP contribution < -0.4 is 10.6 Å². The summed E-state index contributed by atoms with van der Waals surface area (Å²) < 4.78 is 6.46. The van der Waals surface area contributed by atoms with Gasteiger partial charge in [0.25, 0.3) is 0 Å². The van der Waals surface area contributed by atoms with Gasteiger partial charge in [0.2, 0.25) is 17.7 Å². The molecule has 3 amide bonds. The van der Waals surface area contributed by atoms with Crippen LogP contribution in [0.1, 0.15) is 69.8 Å². The van der Waals surface area contributed by atoms with Gasteiger partial charge >= 0.3 is 0 Å². The maximum absolute atomic E-state index is 14.0. The lowest BCUT2D eigenvalue weighted by Crippen LogP contribution is -2.56. The normalized spacial score (nSPS) is 34.1. The van der Waals surface area contributed by atoms with E-state index in [9.17, 15) is 14.4 Å². The van der Waals surface area contributed by atoms with Crippen molar-refractivity contribution in [3.8, 4) is 0 Å². The molecule has 3 aliphatic heterocycles. The van der Waals surface area contributed by atoms with Crippen LogP contribution in [0.5, 0.6) is 0 Å². The molecule has 2 bridgehead atoms. The molecule has 2 aliphatic carbocycles. The highest BCUT2D eigenvalue weighted by Crippen LogP contribution is 2.55. The Morgan fingerprint density at radius 2 is 1.67 bits per heavy atom. The molecule has 36 heavy (non-hydrogen) atoms. The summed E-state index contributed by atoms with van der Waals surface area (Å²) in [5.41, 5.74) is -0.267. The summed E-state index contributed by atoms with van der Waals surface area (Å²) in [6, 6.07) is 3.19. The Hall–Kier alpha value is -2.74. The molecule has 1 aromatic heterocycles. The van der Waals surface area contributed by atoms with E-state index in [4.69, 9.17) is 4.74 Å². The van der Waals surface area contributed by atoms with Crippen LogP contribution in [0.15, 0.2) is 36.7 Å². The predicted octanol–water partition coefficient (Wildman–Crippen LogP) is 2.63. The molecule has 6 rings (SSSR count). The topological polar surface area (TPSA) is 101 Å². The Morgan fingerprint density at radius 1 is 1.00 bits per heavy atom. The summed E-state index contributed by atoms with van der Waals surface area (Å²) in [6.07, 6.45) is 17.4. The fourth-order valence-electron chi connectivity index (χ4n) is 7.20. The SMILES string of the molecule is O=C(NC1CCCCC1)[C@H]1[C@H]2C=C[C@]3(O2)[C@H](C(=O)NC2CCCCC2)N(Cc2cccnc2)C(=O)[C@@H]13. The van der Waals surface area contributed by atoms with Crippen molar-refractivity contribution >= 4 is 17.7 Å². The average Bonchev–Trinajstić information content (AvgIpc) is 3.53. The molecule has 8 nitrogen and oxygen atoms in total. The number of fused-ring (bicyclic) bond motifs is 1. The maximum Gasteiger partial charge on any atom is 0.246 e. The first-order valence-corrected chi connectivity index (χ1v) is 13.7. The van der Waals surface area contributed by atoms with Gasteiger partial charge < -0.3 is 20.3 Å². The maximum atomic E-state index is 14.0. The van der Waals surface area contributed by atoms with E-state index in [0.29, 0.717) is 0 Å². The lowest BCUT2D eigenvalue weighted by Gasteiger charge is -2.34. The average molecular weight is 493 g/mol. The van der Waals surface area contributed by atoms with Crippen molar-refractivity contribution in [2.24, 2.45) is 11.8 Å². The van der Waals surface area contributed by atoms with E-state index >= 15 is 0 Å². The van der Waals surface area contributed by atoms with Crippen LogP contribution in [0.4, 0.5) is 0 Å². The van der Waals surface area contributed by atoms with E-state index < -0.39 is 29.6 Å². The number of hydrogen-bond acceptors (Lipinski definition) is 5. The van der Waals surface area contributed by atoms with E-state index in [1.807, 2.05) is 24.3 Å². The first-order chi connectivity index (χ1) is 17.6. The minimum absolute atomic E-state index is 0.116. The number of nitrogens with zero attached hydrogens (tertiary/aromatic N) is 2. The number of carbonyl (C=O) groups excluding carboxylic acids is 3. The number of rotatable bonds is 6. The second-order valence-electron chi connectivity index (χ2n) is 11.2. The molecular formula is C28H36N4O4. The minimum atomic E-state index is -1.11. The fraction of sp³-hybridized carbons (Fsp3) is 0.643. The van der Waals surface area contributed by atoms with E-state index in [2.05, 4.69) is 15.6 Å². The van der Waals surface area contributed by atoms with Gasteiger partial charge in [-0.2, -0.15) is 0 Å². The van der Waals surface area contributed by atoms with Crippen molar-refractivity contribution in [1.29, 1.82) is 0 Å². The molecule has 192 valence electrons. The van der Waals surface area contributed by atoms with Gasteiger partial charge in [-0.3, -0.25) is 19.4 Å². The van der Waals surface area contributed by atoms with Crippen molar-refractivity contribution in [1.82, 2.24) is 20.5 Å². The number of aromatic nitrogens is 1. The Balaban J connectivity index is 1.30. The van der Waals surface area contributed by atoms with Crippen LogP contribution in [-0.2, 0) is 25.7 Å². The van der Waals surface area contributed by atoms with Gasteiger partial charge in [0.15, 0.2) is 0 Å². The first kappa shape index (κ1) is 23.6. The zero-order valence-corrected chi connectivity index (χ0v) is 20.7. The Bertz CT molecular complexity index is 1030. The van der Waals surface area contributed by atoms with Crippen LogP contribution in [-0.4, -0.2) is 57.4 Å². The van der Waals surface area contributed by atoms with Crippen molar-refractivity contribution in [3.63, 3.8) is 0 Å². The molecule has 0 aromatic carbocycles. The Kier molecular flexibility index (Phi) is 6.32. The second-order valence-corrected chi connectivity index (χ2v) is 11.2. The van der Waals surface area contributed by atoms with E-state index in [0.717, 1.165) is 56.9 Å². The summed E-state index contributed by atoms with van der Waals surface area (Å²) in [4.78, 5) is 47.2. The second kappa shape index (κ2) is 9.61. The largest absolute Gasteiger partial charge is 0.359 e. The smallest absolute Gasteiger partial charge is 0.246 e. The molecule has 0 radical (unpaired) electrons. The third-order valence-electron chi connectivity index (χ3n) is 8.90. The molecule has 4 fully saturated rings. The van der Waals surface area contributed by atoms with Gasteiger partial charge in [-0.1, -0.05) is 56.7 Å². The van der Waals surface area contributed by atoms with Gasteiger partial charge in [-0.15, -0.1) is 0 Å². The zero-order valence-electron chi connectivity index (χ0n) is 20.7. The monoisotopic (exact) mass is 492 g/mol. The number of pyridine rings is 1. The van der Waals surface area contributed by atoms with Crippen molar-refractivity contribution in [2.75, 3.05) is 0 Å². The van der Waals surface area contributed by atoms with Crippen LogP contribution in [0.25, 0.3) is 0 Å². The quantitative estimate of drug-likeness (QED) is 0.595. The summed E-state index contributed by atoms with van der Waals surface area (Å²) in [7, 11) is 0. The van der Waals surface area contributed by atoms with E-state index in [1.54, 1.807) is 17.3 Å². The molecule has 5 aliphatic rings. The van der Waals surface area contributed by atoms with Gasteiger partial charge in [-0.25, -0.2) is 0 Å². The van der Waals surface area contributed by atoms with Crippen molar-refractivity contribution in [3.05, 3.63) is 42.2 Å². The molecule has 2 saturated heterocycles. The zero-order chi connectivity index (χ0) is 24.7. The molecule has 1 spiro atoms. The standard InChI is InChI=1S/C28H36N4O4/c33-25(30-19-9-3-1-4-10-19)22-21-13-14-28(36-21)23(22)27(35)32(17-18-8-7-15-29-16-18)24(28)26(34)31-20-11-5-2-6-12-20/h7-8,13-16,19-24H,1-6,9-12,17H2,(H,30,33)(H,31,34)/t21-,22+,23-,24+,28-/m1/s1. The highest BCUT2D eigenvalue weighted by Gasteiger charge is 2.72. The van der Waals surface area contributed by atoms with Crippen molar-refractivity contribution < 1.29 is 19.1 Å². The number of hydrogen-bond donors (Lipinski definition) is 2. The third-order valence-corrected chi connectivity index (χ3v) is 8.90. The molecule has 4 heterocycles. The van der Waals surface area contributed by atoms with E-state index in [1.165, 1.54) is 12.8 Å². The molecule has 1 aromatic rings. The third kappa shape index (κ3) is 4.03. The molecular weight excluding hydrogens is 456 g/mol. The van der Waals surface area contributed by atoms with Gasteiger partial charge in [0.05, 0.1) is 17.9 Å². The molecule has 8 heteroatoms. The number of ether oxygens (including phenoxy) is 1. The molecule has 5 atom stereocenters. The van der Waals surface area contributed by atoms with Crippen molar-refractivity contribution in [2.45, 2.75) is 101 Å². The summed E-state index contributed by atoms with van der Waals surface area (Å²) in [5, 5.41) is 6.45. The Morgan fingerprint density at radius 3 is 2.31 bits per heavy atom. The minimum Gasteiger partial charge on any atom is -0.359 e. The summed E-state index contributed by atoms with van der Waals surface area (Å²) in [5.74, 6) is -1.80. The number of amides is 3. The summed E-state index contributed by atoms with van der Waals surface area (Å²) in [6.45, 7) is 0.256. The van der Waals surface area contributed by atoms with Crippen LogP contribution in [0, 0.1) is 11.8 Å². The Labute approximate surface area is 212 Å². The van der Waals surface area contributed by atoms with E-state index in [-0.39, 0.29) is 36.3 Å². The van der Waals surface area contributed by atoms with Crippen LogP contribution >= 0.6 is 0 Å². The van der Waals surface area contributed by atoms with Gasteiger partial charge in [0.1, 0.15) is 11.6 Å². The molecule has 0 unspecified atom stereocenters. The predicted molar refractivity (Wildman–Crippen MR) is 132 cm³/mol.